The van der Waals surface area contributed by atoms with E-state index >= 15 is 0 Å². The number of carbonyl (C=O) groups excluding carboxylic acids is 1. The van der Waals surface area contributed by atoms with Gasteiger partial charge in [-0.3, -0.25) is 4.79 Å². The molecule has 3 unspecified atom stereocenters. The summed E-state index contributed by atoms with van der Waals surface area (Å²) in [5.74, 6) is 0.0221. The van der Waals surface area contributed by atoms with Gasteiger partial charge in [0, 0.05) is 17.7 Å². The van der Waals surface area contributed by atoms with Gasteiger partial charge in [-0.1, -0.05) is 95.9 Å². The van der Waals surface area contributed by atoms with Gasteiger partial charge < -0.3 is 14.2 Å². The molecule has 2 rings (SSSR count). The fourth-order valence-electron chi connectivity index (χ4n) is 4.29. The van der Waals surface area contributed by atoms with Crippen LogP contribution in [0.4, 0.5) is 0 Å². The molecule has 2 aromatic rings. The minimum Gasteiger partial charge on any atom is -0.375 e. The Hall–Kier alpha value is -1.58. The largest absolute Gasteiger partial charge is 0.375 e. The highest BCUT2D eigenvalue weighted by Gasteiger charge is 2.41. The van der Waals surface area contributed by atoms with E-state index in [1.54, 1.807) is 0 Å². The molecule has 0 radical (unpaired) electrons. The summed E-state index contributed by atoms with van der Waals surface area (Å²) >= 11 is 0. The van der Waals surface area contributed by atoms with Gasteiger partial charge in [0.1, 0.15) is 0 Å². The minimum absolute atomic E-state index is 0.00337. The summed E-state index contributed by atoms with van der Waals surface area (Å²) in [5.41, 5.74) is 1.71. The third-order valence-electron chi connectivity index (χ3n) is 8.54. The SMILES string of the molecule is CC(CCOC(C)(C)C(C)(C)CC(C)OC(C)(C)C(C)(C)C)OCc1ccccc1C(=O)c1ccccc1.CP. The van der Waals surface area contributed by atoms with Crippen molar-refractivity contribution >= 4 is 15.0 Å². The lowest BCUT2D eigenvalue weighted by atomic mass is 9.73. The number of benzene rings is 2. The Morgan fingerprint density at radius 2 is 1.32 bits per heavy atom. The van der Waals surface area contributed by atoms with Gasteiger partial charge in [-0.2, -0.15) is 0 Å². The molecule has 0 bridgehead atoms. The summed E-state index contributed by atoms with van der Waals surface area (Å²) < 4.78 is 19.1. The van der Waals surface area contributed by atoms with Crippen LogP contribution in [0.3, 0.4) is 0 Å². The van der Waals surface area contributed by atoms with E-state index in [2.05, 4.69) is 85.4 Å². The molecule has 3 atom stereocenters. The van der Waals surface area contributed by atoms with Crippen LogP contribution in [0.5, 0.6) is 0 Å². The molecule has 0 saturated heterocycles. The first kappa shape index (κ1) is 36.4. The van der Waals surface area contributed by atoms with Crippen LogP contribution in [0.2, 0.25) is 0 Å². The molecule has 0 fully saturated rings. The molecular formula is C35H57O4P. The number of carbonyl (C=O) groups is 1. The lowest BCUT2D eigenvalue weighted by Gasteiger charge is -2.46. The first-order valence-corrected chi connectivity index (χ1v) is 15.8. The summed E-state index contributed by atoms with van der Waals surface area (Å²) in [5, 5.41) is 0. The third kappa shape index (κ3) is 10.7. The van der Waals surface area contributed by atoms with Crippen molar-refractivity contribution in [2.24, 2.45) is 10.8 Å². The lowest BCUT2D eigenvalue weighted by Crippen LogP contribution is -2.47. The molecule has 0 aliphatic rings. The van der Waals surface area contributed by atoms with Gasteiger partial charge in [0.05, 0.1) is 30.0 Å². The number of ketones is 1. The smallest absolute Gasteiger partial charge is 0.193 e. The minimum atomic E-state index is -0.328. The maximum atomic E-state index is 13.0. The van der Waals surface area contributed by atoms with Crippen LogP contribution in [0, 0.1) is 10.8 Å². The standard InChI is InChI=1S/C34H52O4.CH5P/c1-25(36-24-28-19-15-16-20-29(28)30(35)27-17-13-12-14-18-27)21-22-37-34(10,11)32(6,7)23-26(2)38-33(8,9)31(3,4)5;1-2/h12-20,25-26H,21-24H2,1-11H3;2H2,1H3. The monoisotopic (exact) mass is 572 g/mol. The molecule has 5 heteroatoms. The zero-order valence-corrected chi connectivity index (χ0v) is 28.5. The van der Waals surface area contributed by atoms with Gasteiger partial charge in [0.25, 0.3) is 0 Å². The Labute approximate surface area is 248 Å². The second-order valence-corrected chi connectivity index (χ2v) is 13.4. The number of rotatable bonds is 14. The molecule has 2 aromatic carbocycles. The van der Waals surface area contributed by atoms with Crippen molar-refractivity contribution in [2.75, 3.05) is 13.3 Å². The summed E-state index contributed by atoms with van der Waals surface area (Å²) in [6, 6.07) is 17.1. The molecule has 0 saturated carbocycles. The van der Waals surface area contributed by atoms with Crippen LogP contribution in [-0.4, -0.2) is 42.5 Å². The first-order chi connectivity index (χ1) is 18.5. The van der Waals surface area contributed by atoms with E-state index in [4.69, 9.17) is 14.2 Å². The number of ether oxygens (including phenoxy) is 3. The molecule has 0 spiro atoms. The maximum Gasteiger partial charge on any atom is 0.193 e. The van der Waals surface area contributed by atoms with Gasteiger partial charge >= 0.3 is 0 Å². The van der Waals surface area contributed by atoms with Crippen LogP contribution in [0.15, 0.2) is 54.6 Å². The van der Waals surface area contributed by atoms with Gasteiger partial charge in [-0.05, 0) is 70.8 Å². The molecular weight excluding hydrogens is 515 g/mol. The average molecular weight is 573 g/mol. The van der Waals surface area contributed by atoms with Crippen molar-refractivity contribution in [3.8, 4) is 0 Å². The number of hydrogen-bond donors (Lipinski definition) is 0. The second kappa shape index (κ2) is 15.6. The highest BCUT2D eigenvalue weighted by molar-refractivity contribution is 7.15. The molecule has 4 nitrogen and oxygen atoms in total. The van der Waals surface area contributed by atoms with Crippen molar-refractivity contribution in [3.63, 3.8) is 0 Å². The van der Waals surface area contributed by atoms with Crippen molar-refractivity contribution in [1.82, 2.24) is 0 Å². The fraction of sp³-hybridized carbons (Fsp3) is 0.629. The summed E-state index contributed by atoms with van der Waals surface area (Å²) in [6.45, 7) is 27.0. The Balaban J connectivity index is 0.00000391. The highest BCUT2D eigenvalue weighted by atomic mass is 31.0. The van der Waals surface area contributed by atoms with E-state index in [1.165, 1.54) is 0 Å². The Morgan fingerprint density at radius 1 is 0.775 bits per heavy atom. The van der Waals surface area contributed by atoms with Crippen LogP contribution in [0.1, 0.15) is 110 Å². The highest BCUT2D eigenvalue weighted by Crippen LogP contribution is 2.41. The van der Waals surface area contributed by atoms with E-state index < -0.39 is 0 Å². The van der Waals surface area contributed by atoms with Crippen molar-refractivity contribution in [1.29, 1.82) is 0 Å². The lowest BCUT2D eigenvalue weighted by molar-refractivity contribution is -0.160. The van der Waals surface area contributed by atoms with E-state index in [9.17, 15) is 4.79 Å². The van der Waals surface area contributed by atoms with Gasteiger partial charge in [0.15, 0.2) is 5.78 Å². The first-order valence-electron chi connectivity index (χ1n) is 14.7. The Bertz CT molecular complexity index is 1020. The number of hydrogen-bond acceptors (Lipinski definition) is 4. The zero-order chi connectivity index (χ0) is 30.8. The second-order valence-electron chi connectivity index (χ2n) is 13.4. The van der Waals surface area contributed by atoms with Crippen LogP contribution in [-0.2, 0) is 20.8 Å². The van der Waals surface area contributed by atoms with E-state index in [0.29, 0.717) is 24.3 Å². The molecule has 0 aromatic heterocycles. The van der Waals surface area contributed by atoms with Crippen LogP contribution in [0.25, 0.3) is 0 Å². The van der Waals surface area contributed by atoms with Crippen molar-refractivity contribution in [2.45, 2.75) is 119 Å². The van der Waals surface area contributed by atoms with E-state index in [1.807, 2.05) is 61.3 Å². The predicted octanol–water partition coefficient (Wildman–Crippen LogP) is 9.15. The predicted molar refractivity (Wildman–Crippen MR) is 173 cm³/mol. The van der Waals surface area contributed by atoms with E-state index in [-0.39, 0.29) is 40.0 Å². The summed E-state index contributed by atoms with van der Waals surface area (Å²) in [4.78, 5) is 13.0. The maximum absolute atomic E-state index is 13.0. The Kier molecular flexibility index (Phi) is 14.2. The van der Waals surface area contributed by atoms with E-state index in [0.717, 1.165) is 18.4 Å². The Morgan fingerprint density at radius 3 is 1.90 bits per heavy atom. The van der Waals surface area contributed by atoms with Gasteiger partial charge in [-0.15, -0.1) is 9.24 Å². The third-order valence-corrected chi connectivity index (χ3v) is 8.54. The molecule has 0 heterocycles. The molecule has 0 aliphatic heterocycles. The summed E-state index contributed by atoms with van der Waals surface area (Å²) in [6.07, 6.45) is 1.79. The molecule has 0 amide bonds. The molecule has 0 aliphatic carbocycles. The molecule has 40 heavy (non-hydrogen) atoms. The van der Waals surface area contributed by atoms with Crippen LogP contribution >= 0.6 is 9.24 Å². The fourth-order valence-corrected chi connectivity index (χ4v) is 4.29. The average Bonchev–Trinajstić information content (AvgIpc) is 2.87. The summed E-state index contributed by atoms with van der Waals surface area (Å²) in [7, 11) is 2.42. The normalized spacial score (nSPS) is 14.2. The van der Waals surface area contributed by atoms with Crippen molar-refractivity contribution < 1.29 is 19.0 Å². The molecule has 0 N–H and O–H groups in total. The van der Waals surface area contributed by atoms with Crippen molar-refractivity contribution in [3.05, 3.63) is 71.3 Å². The topological polar surface area (TPSA) is 44.8 Å². The van der Waals surface area contributed by atoms with Crippen LogP contribution < -0.4 is 0 Å². The molecule has 226 valence electrons. The van der Waals surface area contributed by atoms with Gasteiger partial charge in [0.2, 0.25) is 0 Å². The van der Waals surface area contributed by atoms with Gasteiger partial charge in [-0.25, -0.2) is 0 Å². The quantitative estimate of drug-likeness (QED) is 0.167. The zero-order valence-electron chi connectivity index (χ0n) is 27.4.